The van der Waals surface area contributed by atoms with E-state index in [9.17, 15) is 0 Å². The zero-order valence-corrected chi connectivity index (χ0v) is 10.7. The Bertz CT molecular complexity index is 440. The molecule has 2 nitrogen and oxygen atoms in total. The second-order valence-corrected chi connectivity index (χ2v) is 4.24. The Balaban J connectivity index is 0.00000144. The number of pyridine rings is 1. The number of aromatic nitrogens is 1. The summed E-state index contributed by atoms with van der Waals surface area (Å²) >= 11 is 5.89. The highest BCUT2D eigenvalue weighted by Crippen LogP contribution is 2.27. The van der Waals surface area contributed by atoms with Crippen molar-refractivity contribution in [2.45, 2.75) is 19.3 Å². The van der Waals surface area contributed by atoms with Crippen LogP contribution in [0.25, 0.3) is 0 Å². The van der Waals surface area contributed by atoms with Gasteiger partial charge in [-0.05, 0) is 35.7 Å². The van der Waals surface area contributed by atoms with E-state index in [0.717, 1.165) is 11.4 Å². The highest BCUT2D eigenvalue weighted by Gasteiger charge is 2.11. The van der Waals surface area contributed by atoms with E-state index in [0.29, 0.717) is 5.92 Å². The van der Waals surface area contributed by atoms with Gasteiger partial charge in [-0.15, -0.1) is 0 Å². The molecule has 0 saturated heterocycles. The minimum atomic E-state index is 0. The molecule has 1 atom stereocenters. The van der Waals surface area contributed by atoms with E-state index in [1.807, 2.05) is 24.4 Å². The van der Waals surface area contributed by atoms with Crippen LogP contribution in [0.15, 0.2) is 48.8 Å². The van der Waals surface area contributed by atoms with E-state index in [4.69, 9.17) is 11.6 Å². The van der Waals surface area contributed by atoms with E-state index in [1.165, 1.54) is 11.1 Å². The smallest absolute Gasteiger partial charge is 0.0406 e. The second-order valence-electron chi connectivity index (χ2n) is 3.80. The maximum Gasteiger partial charge on any atom is 0.0406 e. The summed E-state index contributed by atoms with van der Waals surface area (Å²) < 4.78 is 0. The normalized spacial score (nSPS) is 11.6. The molecule has 1 aromatic carbocycles. The molecule has 0 aliphatic heterocycles. The van der Waals surface area contributed by atoms with Gasteiger partial charge in [0.15, 0.2) is 0 Å². The fourth-order valence-corrected chi connectivity index (χ4v) is 2.07. The fourth-order valence-electron chi connectivity index (χ4n) is 1.94. The summed E-state index contributed by atoms with van der Waals surface area (Å²) in [5.74, 6) is 0.408. The van der Waals surface area contributed by atoms with Crippen LogP contribution in [-0.2, 0) is 0 Å². The standard InChI is InChI=1S/C14H14ClN.H3N/c1-2-14(12-4-3-9-16-10-12)11-5-7-13(15)8-6-11;/h3-10,14H,2H2,1H3;1H3. The monoisotopic (exact) mass is 248 g/mol. The van der Waals surface area contributed by atoms with Gasteiger partial charge in [-0.25, -0.2) is 0 Å². The molecule has 0 spiro atoms. The van der Waals surface area contributed by atoms with Crippen molar-refractivity contribution in [3.05, 3.63) is 64.9 Å². The SMILES string of the molecule is CCC(c1ccc(Cl)cc1)c1cccnc1.N. The van der Waals surface area contributed by atoms with Crippen molar-refractivity contribution < 1.29 is 0 Å². The minimum absolute atomic E-state index is 0. The molecule has 2 aromatic rings. The largest absolute Gasteiger partial charge is 0.344 e. The number of nitrogens with zero attached hydrogens (tertiary/aromatic N) is 1. The summed E-state index contributed by atoms with van der Waals surface area (Å²) in [7, 11) is 0. The van der Waals surface area contributed by atoms with Gasteiger partial charge in [0, 0.05) is 23.3 Å². The molecule has 3 N–H and O–H groups in total. The summed E-state index contributed by atoms with van der Waals surface area (Å²) in [6.45, 7) is 2.19. The summed E-state index contributed by atoms with van der Waals surface area (Å²) in [5.41, 5.74) is 2.55. The van der Waals surface area contributed by atoms with Crippen LogP contribution in [-0.4, -0.2) is 4.98 Å². The van der Waals surface area contributed by atoms with Crippen molar-refractivity contribution in [1.29, 1.82) is 0 Å². The van der Waals surface area contributed by atoms with Crippen molar-refractivity contribution in [3.63, 3.8) is 0 Å². The lowest BCUT2D eigenvalue weighted by Gasteiger charge is -2.15. The van der Waals surface area contributed by atoms with Crippen LogP contribution in [0.1, 0.15) is 30.4 Å². The molecule has 1 heterocycles. The average molecular weight is 249 g/mol. The maximum atomic E-state index is 5.89. The Morgan fingerprint density at radius 3 is 2.35 bits per heavy atom. The van der Waals surface area contributed by atoms with Crippen LogP contribution in [0.3, 0.4) is 0 Å². The lowest BCUT2D eigenvalue weighted by molar-refractivity contribution is 0.773. The van der Waals surface area contributed by atoms with Gasteiger partial charge in [0.1, 0.15) is 0 Å². The average Bonchev–Trinajstić information content (AvgIpc) is 2.34. The van der Waals surface area contributed by atoms with Gasteiger partial charge in [0.2, 0.25) is 0 Å². The third-order valence-electron chi connectivity index (χ3n) is 2.77. The molecule has 1 unspecified atom stereocenters. The fraction of sp³-hybridized carbons (Fsp3) is 0.214. The van der Waals surface area contributed by atoms with Crippen molar-refractivity contribution in [1.82, 2.24) is 11.1 Å². The van der Waals surface area contributed by atoms with Gasteiger partial charge in [-0.2, -0.15) is 0 Å². The molecule has 0 radical (unpaired) electrons. The zero-order valence-electron chi connectivity index (χ0n) is 9.94. The molecule has 90 valence electrons. The molecule has 17 heavy (non-hydrogen) atoms. The Hall–Kier alpha value is -1.38. The van der Waals surface area contributed by atoms with Gasteiger partial charge in [-0.3, -0.25) is 4.98 Å². The second kappa shape index (κ2) is 6.38. The number of benzene rings is 1. The van der Waals surface area contributed by atoms with E-state index >= 15 is 0 Å². The summed E-state index contributed by atoms with van der Waals surface area (Å²) in [4.78, 5) is 4.17. The predicted molar refractivity (Wildman–Crippen MR) is 72.8 cm³/mol. The number of hydrogen-bond acceptors (Lipinski definition) is 2. The van der Waals surface area contributed by atoms with Crippen LogP contribution >= 0.6 is 11.6 Å². The molecule has 3 heteroatoms. The van der Waals surface area contributed by atoms with Crippen LogP contribution in [0.2, 0.25) is 5.02 Å². The molecule has 0 amide bonds. The first-order chi connectivity index (χ1) is 7.81. The lowest BCUT2D eigenvalue weighted by atomic mass is 9.90. The molecule has 2 rings (SSSR count). The molecule has 0 saturated carbocycles. The van der Waals surface area contributed by atoms with Crippen LogP contribution in [0.4, 0.5) is 0 Å². The highest BCUT2D eigenvalue weighted by atomic mass is 35.5. The topological polar surface area (TPSA) is 47.9 Å². The Morgan fingerprint density at radius 1 is 1.12 bits per heavy atom. The van der Waals surface area contributed by atoms with Crippen LogP contribution < -0.4 is 6.15 Å². The third-order valence-corrected chi connectivity index (χ3v) is 3.02. The Morgan fingerprint density at radius 2 is 1.82 bits per heavy atom. The van der Waals surface area contributed by atoms with Gasteiger partial charge in [0.25, 0.3) is 0 Å². The zero-order chi connectivity index (χ0) is 11.4. The lowest BCUT2D eigenvalue weighted by Crippen LogP contribution is -1.99. The summed E-state index contributed by atoms with van der Waals surface area (Å²) in [6, 6.07) is 12.2. The number of hydrogen-bond donors (Lipinski definition) is 1. The minimum Gasteiger partial charge on any atom is -0.344 e. The molecule has 0 aliphatic carbocycles. The van der Waals surface area contributed by atoms with E-state index < -0.39 is 0 Å². The van der Waals surface area contributed by atoms with Gasteiger partial charge in [-0.1, -0.05) is 36.7 Å². The van der Waals surface area contributed by atoms with Gasteiger partial charge >= 0.3 is 0 Å². The maximum absolute atomic E-state index is 5.89. The van der Waals surface area contributed by atoms with Crippen molar-refractivity contribution in [2.24, 2.45) is 0 Å². The first-order valence-corrected chi connectivity index (χ1v) is 5.84. The highest BCUT2D eigenvalue weighted by molar-refractivity contribution is 6.30. The summed E-state index contributed by atoms with van der Waals surface area (Å²) in [5, 5.41) is 0.782. The van der Waals surface area contributed by atoms with Gasteiger partial charge < -0.3 is 6.15 Å². The van der Waals surface area contributed by atoms with E-state index in [-0.39, 0.29) is 6.15 Å². The quantitative estimate of drug-likeness (QED) is 0.873. The van der Waals surface area contributed by atoms with E-state index in [1.54, 1.807) is 6.20 Å². The van der Waals surface area contributed by atoms with Gasteiger partial charge in [0.05, 0.1) is 0 Å². The molecule has 1 aromatic heterocycles. The molecular formula is C14H17ClN2. The summed E-state index contributed by atoms with van der Waals surface area (Å²) in [6.07, 6.45) is 4.80. The third kappa shape index (κ3) is 3.29. The molecule has 0 fully saturated rings. The molecule has 0 bridgehead atoms. The van der Waals surface area contributed by atoms with Crippen molar-refractivity contribution in [2.75, 3.05) is 0 Å². The Kier molecular flexibility index (Phi) is 5.13. The first-order valence-electron chi connectivity index (χ1n) is 5.46. The van der Waals surface area contributed by atoms with Crippen molar-refractivity contribution >= 4 is 11.6 Å². The number of rotatable bonds is 3. The molecular weight excluding hydrogens is 232 g/mol. The number of halogens is 1. The molecule has 0 aliphatic rings. The predicted octanol–water partition coefficient (Wildman–Crippen LogP) is 4.44. The first kappa shape index (κ1) is 13.7. The Labute approximate surface area is 107 Å². The van der Waals surface area contributed by atoms with Crippen LogP contribution in [0, 0.1) is 0 Å². The van der Waals surface area contributed by atoms with E-state index in [2.05, 4.69) is 30.1 Å². The van der Waals surface area contributed by atoms with Crippen molar-refractivity contribution in [3.8, 4) is 0 Å². The van der Waals surface area contributed by atoms with Crippen LogP contribution in [0.5, 0.6) is 0 Å².